The number of anilines is 2. The van der Waals surface area contributed by atoms with E-state index < -0.39 is 5.41 Å². The maximum Gasteiger partial charge on any atom is 0.226 e. The van der Waals surface area contributed by atoms with Crippen molar-refractivity contribution in [2.75, 3.05) is 5.32 Å². The zero-order valence-corrected chi connectivity index (χ0v) is 18.0. The molecule has 0 aliphatic heterocycles. The fourth-order valence-corrected chi connectivity index (χ4v) is 3.65. The molecule has 7 nitrogen and oxygen atoms in total. The Labute approximate surface area is 186 Å². The lowest BCUT2D eigenvalue weighted by Crippen LogP contribution is -2.33. The van der Waals surface area contributed by atoms with Gasteiger partial charge in [-0.2, -0.15) is 0 Å². The van der Waals surface area contributed by atoms with E-state index in [1.165, 1.54) is 24.8 Å². The quantitative estimate of drug-likeness (QED) is 0.466. The molecule has 0 atom stereocenters. The third-order valence-electron chi connectivity index (χ3n) is 5.20. The largest absolute Gasteiger partial charge is 0.351 e. The minimum atomic E-state index is -0.661. The van der Waals surface area contributed by atoms with Crippen LogP contribution in [0.25, 0.3) is 0 Å². The molecule has 0 saturated heterocycles. The molecular formula is C22H19BrFN5O2. The van der Waals surface area contributed by atoms with Gasteiger partial charge in [-0.15, -0.1) is 0 Å². The van der Waals surface area contributed by atoms with Gasteiger partial charge in [0.2, 0.25) is 5.91 Å². The summed E-state index contributed by atoms with van der Waals surface area (Å²) < 4.78 is 14.6. The Balaban J connectivity index is 1.33. The molecule has 9 heteroatoms. The predicted molar refractivity (Wildman–Crippen MR) is 116 cm³/mol. The number of nitrogens with zero attached hydrogens (tertiary/aromatic N) is 3. The zero-order chi connectivity index (χ0) is 21.8. The van der Waals surface area contributed by atoms with Crippen LogP contribution in [0.5, 0.6) is 0 Å². The molecule has 1 amide bonds. The fraction of sp³-hybridized carbons (Fsp3) is 0.227. The van der Waals surface area contributed by atoms with Crippen LogP contribution >= 0.6 is 15.9 Å². The van der Waals surface area contributed by atoms with Gasteiger partial charge in [-0.25, -0.2) is 14.4 Å². The number of aromatic nitrogens is 3. The van der Waals surface area contributed by atoms with E-state index in [2.05, 4.69) is 41.5 Å². The highest BCUT2D eigenvalue weighted by Gasteiger charge is 2.51. The van der Waals surface area contributed by atoms with Crippen molar-refractivity contribution in [3.05, 3.63) is 76.8 Å². The monoisotopic (exact) mass is 483 g/mol. The molecule has 0 spiro atoms. The van der Waals surface area contributed by atoms with Gasteiger partial charge in [-0.1, -0.05) is 6.07 Å². The maximum atomic E-state index is 14.0. The fourth-order valence-electron chi connectivity index (χ4n) is 3.21. The lowest BCUT2D eigenvalue weighted by Gasteiger charge is -2.14. The Bertz CT molecular complexity index is 1080. The predicted octanol–water partition coefficient (Wildman–Crippen LogP) is 4.19. The summed E-state index contributed by atoms with van der Waals surface area (Å²) in [6.45, 7) is 0.243. The molecule has 1 fully saturated rings. The van der Waals surface area contributed by atoms with Crippen LogP contribution in [0.1, 0.15) is 35.3 Å². The molecule has 2 heterocycles. The van der Waals surface area contributed by atoms with Crippen LogP contribution in [-0.2, 0) is 11.3 Å². The van der Waals surface area contributed by atoms with Crippen molar-refractivity contribution in [1.29, 1.82) is 0 Å². The molecule has 2 N–H and O–H groups in total. The second-order valence-electron chi connectivity index (χ2n) is 7.45. The molecule has 31 heavy (non-hydrogen) atoms. The average Bonchev–Trinajstić information content (AvgIpc) is 3.57. The summed E-state index contributed by atoms with van der Waals surface area (Å²) in [6.07, 6.45) is 7.34. The maximum absolute atomic E-state index is 14.0. The number of nitrogens with one attached hydrogen (secondary N) is 2. The molecular weight excluding hydrogens is 465 g/mol. The Morgan fingerprint density at radius 1 is 1.10 bits per heavy atom. The molecule has 3 aromatic rings. The van der Waals surface area contributed by atoms with Crippen LogP contribution in [0.3, 0.4) is 0 Å². The van der Waals surface area contributed by atoms with E-state index >= 15 is 0 Å². The van der Waals surface area contributed by atoms with Crippen LogP contribution < -0.4 is 10.6 Å². The van der Waals surface area contributed by atoms with Gasteiger partial charge in [-0.3, -0.25) is 14.6 Å². The highest BCUT2D eigenvalue weighted by atomic mass is 79.9. The number of para-hydroxylation sites is 1. The number of pyridine rings is 1. The molecule has 2 aromatic heterocycles. The summed E-state index contributed by atoms with van der Waals surface area (Å²) in [5.41, 5.74) is 1.36. The number of hydrogen-bond donors (Lipinski definition) is 2. The topological polar surface area (TPSA) is 96.9 Å². The van der Waals surface area contributed by atoms with Gasteiger partial charge in [0.15, 0.2) is 5.78 Å². The van der Waals surface area contributed by atoms with Crippen LogP contribution in [0.15, 0.2) is 59.7 Å². The Morgan fingerprint density at radius 3 is 2.52 bits per heavy atom. The number of amides is 1. The Morgan fingerprint density at radius 2 is 1.87 bits per heavy atom. The van der Waals surface area contributed by atoms with Crippen LogP contribution in [0.4, 0.5) is 15.8 Å². The highest BCUT2D eigenvalue weighted by Crippen LogP contribution is 2.49. The number of hydrogen-bond acceptors (Lipinski definition) is 6. The standard InChI is InChI=1S/C22H19BrFN5O2/c23-17-2-1-3-18(24)20(17)29-16-5-4-15(27-12-16)11-28-21(31)22(6-7-22)8-19(30)14-9-25-13-26-10-14/h1-5,9-10,12-13,29H,6-8,11H2,(H,28,31). The first-order valence-electron chi connectivity index (χ1n) is 9.69. The lowest BCUT2D eigenvalue weighted by molar-refractivity contribution is -0.126. The molecule has 1 aliphatic carbocycles. The van der Waals surface area contributed by atoms with Gasteiger partial charge in [0.05, 0.1) is 40.8 Å². The number of ketones is 1. The van der Waals surface area contributed by atoms with Gasteiger partial charge in [-0.05, 0) is 53.0 Å². The van der Waals surface area contributed by atoms with E-state index in [0.717, 1.165) is 0 Å². The van der Waals surface area contributed by atoms with Crippen molar-refractivity contribution in [2.24, 2.45) is 5.41 Å². The Kier molecular flexibility index (Phi) is 6.03. The van der Waals surface area contributed by atoms with Crippen molar-refractivity contribution in [2.45, 2.75) is 25.8 Å². The Hall–Kier alpha value is -3.20. The number of carbonyl (C=O) groups excluding carboxylic acids is 2. The minimum Gasteiger partial charge on any atom is -0.351 e. The average molecular weight is 484 g/mol. The van der Waals surface area contributed by atoms with Crippen molar-refractivity contribution in [3.63, 3.8) is 0 Å². The zero-order valence-electron chi connectivity index (χ0n) is 16.4. The normalized spacial score (nSPS) is 14.0. The summed E-state index contributed by atoms with van der Waals surface area (Å²) in [7, 11) is 0. The molecule has 1 aliphatic rings. The molecule has 1 aromatic carbocycles. The van der Waals surface area contributed by atoms with Crippen molar-refractivity contribution < 1.29 is 14.0 Å². The first-order valence-corrected chi connectivity index (χ1v) is 10.5. The van der Waals surface area contributed by atoms with Gasteiger partial charge in [0, 0.05) is 23.3 Å². The number of rotatable bonds is 8. The van der Waals surface area contributed by atoms with Gasteiger partial charge >= 0.3 is 0 Å². The minimum absolute atomic E-state index is 0.138. The summed E-state index contributed by atoms with van der Waals surface area (Å²) in [5.74, 6) is -0.671. The number of Topliss-reactive ketones (excluding diaryl/α,β-unsaturated/α-hetero) is 1. The van der Waals surface area contributed by atoms with Crippen molar-refractivity contribution in [1.82, 2.24) is 20.3 Å². The van der Waals surface area contributed by atoms with E-state index in [4.69, 9.17) is 0 Å². The first-order chi connectivity index (χ1) is 15.0. The van der Waals surface area contributed by atoms with Gasteiger partial charge < -0.3 is 10.6 Å². The third kappa shape index (κ3) is 4.93. The second-order valence-corrected chi connectivity index (χ2v) is 8.30. The third-order valence-corrected chi connectivity index (χ3v) is 5.86. The van der Waals surface area contributed by atoms with E-state index in [-0.39, 0.29) is 30.5 Å². The molecule has 4 rings (SSSR count). The highest BCUT2D eigenvalue weighted by molar-refractivity contribution is 9.10. The van der Waals surface area contributed by atoms with Crippen molar-refractivity contribution in [3.8, 4) is 0 Å². The van der Waals surface area contributed by atoms with Gasteiger partial charge in [0.1, 0.15) is 12.1 Å². The SMILES string of the molecule is O=C(CC1(C(=O)NCc2ccc(Nc3c(F)cccc3Br)cn2)CC1)c1cncnc1. The van der Waals surface area contributed by atoms with Crippen LogP contribution in [0, 0.1) is 11.2 Å². The second kappa shape index (κ2) is 8.89. The molecule has 0 unspecified atom stereocenters. The summed E-state index contributed by atoms with van der Waals surface area (Å²) in [4.78, 5) is 37.1. The molecule has 0 bridgehead atoms. The van der Waals surface area contributed by atoms with Crippen LogP contribution in [0.2, 0.25) is 0 Å². The van der Waals surface area contributed by atoms with Crippen LogP contribution in [-0.4, -0.2) is 26.6 Å². The van der Waals surface area contributed by atoms with E-state index in [0.29, 0.717) is 39.9 Å². The van der Waals surface area contributed by atoms with E-state index in [1.807, 2.05) is 0 Å². The molecule has 1 saturated carbocycles. The summed E-state index contributed by atoms with van der Waals surface area (Å²) in [5, 5.41) is 5.86. The molecule has 0 radical (unpaired) electrons. The smallest absolute Gasteiger partial charge is 0.226 e. The first kappa shape index (κ1) is 21.0. The number of halogens is 2. The summed E-state index contributed by atoms with van der Waals surface area (Å²) in [6, 6.07) is 8.24. The summed E-state index contributed by atoms with van der Waals surface area (Å²) >= 11 is 3.31. The molecule has 158 valence electrons. The number of benzene rings is 1. The number of carbonyl (C=O) groups is 2. The van der Waals surface area contributed by atoms with E-state index in [1.54, 1.807) is 30.5 Å². The van der Waals surface area contributed by atoms with Crippen molar-refractivity contribution >= 4 is 39.0 Å². The van der Waals surface area contributed by atoms with E-state index in [9.17, 15) is 14.0 Å². The van der Waals surface area contributed by atoms with Gasteiger partial charge in [0.25, 0.3) is 0 Å². The lowest BCUT2D eigenvalue weighted by atomic mass is 9.96.